The lowest BCUT2D eigenvalue weighted by molar-refractivity contribution is -0.141. The Morgan fingerprint density at radius 1 is 1.31 bits per heavy atom. The van der Waals surface area contributed by atoms with Crippen LogP contribution in [-0.4, -0.2) is 40.7 Å². The number of rotatable bonds is 4. The lowest BCUT2D eigenvalue weighted by atomic mass is 10.1. The van der Waals surface area contributed by atoms with Crippen LogP contribution in [0.5, 0.6) is 5.75 Å². The van der Waals surface area contributed by atoms with Crippen molar-refractivity contribution in [1.82, 2.24) is 9.97 Å². The highest BCUT2D eigenvalue weighted by Gasteiger charge is 2.37. The van der Waals surface area contributed by atoms with Crippen LogP contribution in [0.25, 0.3) is 11.3 Å². The molecule has 9 heteroatoms. The second-order valence-corrected chi connectivity index (χ2v) is 5.83. The van der Waals surface area contributed by atoms with E-state index in [0.29, 0.717) is 24.2 Å². The summed E-state index contributed by atoms with van der Waals surface area (Å²) in [6.07, 6.45) is -3.81. The Balaban J connectivity index is 2.15. The summed E-state index contributed by atoms with van der Waals surface area (Å²) in [6.45, 7) is 0.281. The summed E-state index contributed by atoms with van der Waals surface area (Å²) >= 11 is 0. The van der Waals surface area contributed by atoms with Gasteiger partial charge in [-0.2, -0.15) is 13.2 Å². The van der Waals surface area contributed by atoms with E-state index in [1.807, 2.05) is 0 Å². The molecular formula is C17H16F3N3O3. The number of anilines is 1. The highest BCUT2D eigenvalue weighted by Crippen LogP contribution is 2.35. The number of halogens is 3. The number of carboxylic acid groups (broad SMARTS) is 1. The molecule has 1 aromatic carbocycles. The van der Waals surface area contributed by atoms with E-state index in [-0.39, 0.29) is 18.2 Å². The van der Waals surface area contributed by atoms with Crippen molar-refractivity contribution < 1.29 is 27.8 Å². The van der Waals surface area contributed by atoms with Crippen LogP contribution in [0.1, 0.15) is 18.5 Å². The van der Waals surface area contributed by atoms with Crippen molar-refractivity contribution in [1.29, 1.82) is 0 Å². The molecule has 1 aliphatic heterocycles. The number of ether oxygens (including phenoxy) is 1. The van der Waals surface area contributed by atoms with E-state index in [1.165, 1.54) is 12.0 Å². The van der Waals surface area contributed by atoms with Crippen molar-refractivity contribution in [3.8, 4) is 17.0 Å². The van der Waals surface area contributed by atoms with Crippen molar-refractivity contribution in [3.05, 3.63) is 36.0 Å². The number of nitrogens with zero attached hydrogens (tertiary/aromatic N) is 3. The average Bonchev–Trinajstić information content (AvgIpc) is 3.10. The molecule has 0 spiro atoms. The van der Waals surface area contributed by atoms with Crippen LogP contribution >= 0.6 is 0 Å². The van der Waals surface area contributed by atoms with Crippen LogP contribution in [0.2, 0.25) is 0 Å². The summed E-state index contributed by atoms with van der Waals surface area (Å²) in [5.74, 6) is -0.991. The SMILES string of the molecule is COc1ccccc1-c1cc(C(F)(F)F)nc(N2CCC[C@H]2C(=O)O)n1. The van der Waals surface area contributed by atoms with Crippen molar-refractivity contribution in [3.63, 3.8) is 0 Å². The highest BCUT2D eigenvalue weighted by atomic mass is 19.4. The summed E-state index contributed by atoms with van der Waals surface area (Å²) in [6, 6.07) is 6.44. The molecule has 2 aromatic rings. The van der Waals surface area contributed by atoms with Gasteiger partial charge >= 0.3 is 12.1 Å². The summed E-state index contributed by atoms with van der Waals surface area (Å²) in [7, 11) is 1.41. The Morgan fingerprint density at radius 2 is 2.04 bits per heavy atom. The van der Waals surface area contributed by atoms with Gasteiger partial charge in [0.1, 0.15) is 11.8 Å². The Bertz CT molecular complexity index is 826. The van der Waals surface area contributed by atoms with E-state index in [9.17, 15) is 23.1 Å². The Hall–Kier alpha value is -2.84. The minimum atomic E-state index is -4.69. The van der Waals surface area contributed by atoms with Gasteiger partial charge in [-0.1, -0.05) is 12.1 Å². The third kappa shape index (κ3) is 3.42. The molecule has 0 amide bonds. The van der Waals surface area contributed by atoms with Gasteiger partial charge in [0.25, 0.3) is 0 Å². The number of carboxylic acids is 1. The van der Waals surface area contributed by atoms with E-state index >= 15 is 0 Å². The van der Waals surface area contributed by atoms with Gasteiger partial charge in [-0.15, -0.1) is 0 Å². The molecule has 0 aliphatic carbocycles. The van der Waals surface area contributed by atoms with Gasteiger partial charge in [0.15, 0.2) is 5.69 Å². The van der Waals surface area contributed by atoms with Crippen LogP contribution < -0.4 is 9.64 Å². The minimum Gasteiger partial charge on any atom is -0.496 e. The molecule has 1 fully saturated rings. The smallest absolute Gasteiger partial charge is 0.433 e. The van der Waals surface area contributed by atoms with Crippen molar-refractivity contribution in [2.45, 2.75) is 25.1 Å². The fourth-order valence-electron chi connectivity index (χ4n) is 2.97. The van der Waals surface area contributed by atoms with E-state index in [1.54, 1.807) is 24.3 Å². The van der Waals surface area contributed by atoms with E-state index in [4.69, 9.17) is 4.74 Å². The minimum absolute atomic E-state index is 0.0239. The molecular weight excluding hydrogens is 351 g/mol. The van der Waals surface area contributed by atoms with Crippen LogP contribution in [0.3, 0.4) is 0 Å². The Kier molecular flexibility index (Phi) is 4.71. The first-order valence-corrected chi connectivity index (χ1v) is 7.90. The molecule has 1 atom stereocenters. The number of benzene rings is 1. The first-order chi connectivity index (χ1) is 12.3. The van der Waals surface area contributed by atoms with Gasteiger partial charge in [-0.25, -0.2) is 14.8 Å². The lowest BCUT2D eigenvalue weighted by Gasteiger charge is -2.23. The normalized spacial score (nSPS) is 17.4. The number of aromatic nitrogens is 2. The molecule has 1 saturated heterocycles. The molecule has 2 heterocycles. The monoisotopic (exact) mass is 367 g/mol. The van der Waals surface area contributed by atoms with E-state index < -0.39 is 23.9 Å². The van der Waals surface area contributed by atoms with Crippen LogP contribution in [0.15, 0.2) is 30.3 Å². The molecule has 0 unspecified atom stereocenters. The number of hydrogen-bond acceptors (Lipinski definition) is 5. The Morgan fingerprint density at radius 3 is 2.69 bits per heavy atom. The molecule has 1 N–H and O–H groups in total. The molecule has 0 radical (unpaired) electrons. The van der Waals surface area contributed by atoms with E-state index in [2.05, 4.69) is 9.97 Å². The number of carbonyl (C=O) groups is 1. The summed E-state index contributed by atoms with van der Waals surface area (Å²) in [4.78, 5) is 20.5. The third-order valence-electron chi connectivity index (χ3n) is 4.18. The maximum absolute atomic E-state index is 13.3. The Labute approximate surface area is 147 Å². The quantitative estimate of drug-likeness (QED) is 0.894. The number of para-hydroxylation sites is 1. The predicted octanol–water partition coefficient (Wildman–Crippen LogP) is 3.22. The largest absolute Gasteiger partial charge is 0.496 e. The maximum atomic E-state index is 13.3. The van der Waals surface area contributed by atoms with Gasteiger partial charge in [0, 0.05) is 12.1 Å². The van der Waals surface area contributed by atoms with Crippen LogP contribution in [0, 0.1) is 0 Å². The van der Waals surface area contributed by atoms with Crippen LogP contribution in [-0.2, 0) is 11.0 Å². The summed E-state index contributed by atoms with van der Waals surface area (Å²) in [5, 5.41) is 9.30. The predicted molar refractivity (Wildman–Crippen MR) is 87.0 cm³/mol. The maximum Gasteiger partial charge on any atom is 0.433 e. The molecule has 0 saturated carbocycles. The lowest BCUT2D eigenvalue weighted by Crippen LogP contribution is -2.37. The molecule has 6 nitrogen and oxygen atoms in total. The molecule has 0 bridgehead atoms. The summed E-state index contributed by atoms with van der Waals surface area (Å²) in [5.41, 5.74) is -0.731. The molecule has 1 aromatic heterocycles. The highest BCUT2D eigenvalue weighted by molar-refractivity contribution is 5.78. The van der Waals surface area contributed by atoms with Crippen molar-refractivity contribution in [2.75, 3.05) is 18.6 Å². The van der Waals surface area contributed by atoms with Crippen LogP contribution in [0.4, 0.5) is 19.1 Å². The first kappa shape index (κ1) is 18.0. The number of aliphatic carboxylic acids is 1. The van der Waals surface area contributed by atoms with Gasteiger partial charge in [-0.3, -0.25) is 0 Å². The van der Waals surface area contributed by atoms with E-state index in [0.717, 1.165) is 6.07 Å². The zero-order chi connectivity index (χ0) is 18.9. The third-order valence-corrected chi connectivity index (χ3v) is 4.18. The van der Waals surface area contributed by atoms with Gasteiger partial charge in [-0.05, 0) is 31.0 Å². The number of methoxy groups -OCH3 is 1. The second kappa shape index (κ2) is 6.81. The van der Waals surface area contributed by atoms with Crippen molar-refractivity contribution in [2.24, 2.45) is 0 Å². The zero-order valence-electron chi connectivity index (χ0n) is 13.8. The number of hydrogen-bond donors (Lipinski definition) is 1. The molecule has 1 aliphatic rings. The fraction of sp³-hybridized carbons (Fsp3) is 0.353. The van der Waals surface area contributed by atoms with Gasteiger partial charge < -0.3 is 14.7 Å². The zero-order valence-corrected chi connectivity index (χ0v) is 13.8. The number of alkyl halides is 3. The summed E-state index contributed by atoms with van der Waals surface area (Å²) < 4.78 is 45.2. The fourth-order valence-corrected chi connectivity index (χ4v) is 2.97. The standard InChI is InChI=1S/C17H16F3N3O3/c1-26-13-7-3-2-5-10(13)11-9-14(17(18,19)20)22-16(21-11)23-8-4-6-12(23)15(24)25/h2-3,5,7,9,12H,4,6,8H2,1H3,(H,24,25)/t12-/m0/s1. The van der Waals surface area contributed by atoms with Gasteiger partial charge in [0.2, 0.25) is 5.95 Å². The molecule has 138 valence electrons. The second-order valence-electron chi connectivity index (χ2n) is 5.83. The van der Waals surface area contributed by atoms with Gasteiger partial charge in [0.05, 0.1) is 12.8 Å². The topological polar surface area (TPSA) is 75.5 Å². The average molecular weight is 367 g/mol. The molecule has 3 rings (SSSR count). The molecule has 26 heavy (non-hydrogen) atoms. The first-order valence-electron chi connectivity index (χ1n) is 7.90. The van der Waals surface area contributed by atoms with Crippen molar-refractivity contribution >= 4 is 11.9 Å².